The molecule has 0 saturated heterocycles. The van der Waals surface area contributed by atoms with Gasteiger partial charge in [-0.05, 0) is 45.8 Å². The lowest BCUT2D eigenvalue weighted by Gasteiger charge is -2.15. The zero-order valence-corrected chi connectivity index (χ0v) is 17.2. The van der Waals surface area contributed by atoms with Gasteiger partial charge in [0, 0.05) is 32.5 Å². The number of carboxylic acids is 1. The van der Waals surface area contributed by atoms with Crippen molar-refractivity contribution in [3.8, 4) is 0 Å². The zero-order valence-electron chi connectivity index (χ0n) is 13.2. The van der Waals surface area contributed by atoms with Crippen LogP contribution in [0.4, 0.5) is 0 Å². The Morgan fingerprint density at radius 1 is 1.19 bits per heavy atom. The van der Waals surface area contributed by atoms with Crippen molar-refractivity contribution in [3.63, 3.8) is 0 Å². The van der Waals surface area contributed by atoms with Crippen LogP contribution in [0.25, 0.3) is 10.9 Å². The lowest BCUT2D eigenvalue weighted by Crippen LogP contribution is -2.42. The molecule has 2 aromatic carbocycles. The van der Waals surface area contributed by atoms with Gasteiger partial charge in [-0.1, -0.05) is 34.1 Å². The SMILES string of the molecule is O=C(O)C(Cc1c[nH]c2ccccc12)NS(=O)(=O)c1cc(Br)ccc1Br. The van der Waals surface area contributed by atoms with Crippen LogP contribution < -0.4 is 4.72 Å². The number of sulfonamides is 1. The first kappa shape index (κ1) is 19.1. The minimum atomic E-state index is -4.03. The number of nitrogens with one attached hydrogen (secondary N) is 2. The van der Waals surface area contributed by atoms with Gasteiger partial charge in [-0.15, -0.1) is 0 Å². The molecule has 6 nitrogen and oxygen atoms in total. The van der Waals surface area contributed by atoms with Crippen molar-refractivity contribution in [3.05, 3.63) is 63.2 Å². The van der Waals surface area contributed by atoms with E-state index >= 15 is 0 Å². The number of rotatable bonds is 6. The Labute approximate surface area is 166 Å². The molecule has 0 aliphatic heterocycles. The van der Waals surface area contributed by atoms with Crippen molar-refractivity contribution in [2.45, 2.75) is 17.4 Å². The Morgan fingerprint density at radius 3 is 2.65 bits per heavy atom. The van der Waals surface area contributed by atoms with E-state index in [-0.39, 0.29) is 11.3 Å². The number of halogens is 2. The molecule has 3 aromatic rings. The van der Waals surface area contributed by atoms with Crippen molar-refractivity contribution >= 4 is 58.8 Å². The van der Waals surface area contributed by atoms with Crippen LogP contribution in [0.2, 0.25) is 0 Å². The Hall–Kier alpha value is -1.68. The fourth-order valence-corrected chi connectivity index (χ4v) is 5.32. The van der Waals surface area contributed by atoms with E-state index in [1.165, 1.54) is 6.07 Å². The van der Waals surface area contributed by atoms with Gasteiger partial charge in [-0.25, -0.2) is 8.42 Å². The summed E-state index contributed by atoms with van der Waals surface area (Å²) in [7, 11) is -4.03. The minimum Gasteiger partial charge on any atom is -0.480 e. The van der Waals surface area contributed by atoms with Crippen molar-refractivity contribution in [1.29, 1.82) is 0 Å². The number of benzene rings is 2. The maximum absolute atomic E-state index is 12.7. The first-order chi connectivity index (χ1) is 12.3. The highest BCUT2D eigenvalue weighted by molar-refractivity contribution is 9.11. The first-order valence-corrected chi connectivity index (χ1v) is 10.6. The number of aromatic amines is 1. The lowest BCUT2D eigenvalue weighted by molar-refractivity contribution is -0.138. The number of para-hydroxylation sites is 1. The van der Waals surface area contributed by atoms with Crippen LogP contribution in [-0.2, 0) is 21.2 Å². The Kier molecular flexibility index (Phi) is 5.52. The molecule has 0 saturated carbocycles. The number of fused-ring (bicyclic) bond motifs is 1. The smallest absolute Gasteiger partial charge is 0.322 e. The molecule has 0 bridgehead atoms. The van der Waals surface area contributed by atoms with E-state index in [0.717, 1.165) is 16.5 Å². The third-order valence-corrected chi connectivity index (χ3v) is 6.84. The van der Waals surface area contributed by atoms with Gasteiger partial charge in [0.1, 0.15) is 6.04 Å². The van der Waals surface area contributed by atoms with E-state index in [0.29, 0.717) is 8.95 Å². The molecule has 0 fully saturated rings. The van der Waals surface area contributed by atoms with Gasteiger partial charge in [-0.3, -0.25) is 4.79 Å². The number of hydrogen-bond donors (Lipinski definition) is 3. The second kappa shape index (κ2) is 7.51. The molecule has 3 N–H and O–H groups in total. The van der Waals surface area contributed by atoms with Gasteiger partial charge in [0.2, 0.25) is 10.0 Å². The Morgan fingerprint density at radius 2 is 1.92 bits per heavy atom. The van der Waals surface area contributed by atoms with E-state index in [2.05, 4.69) is 41.6 Å². The molecule has 136 valence electrons. The highest BCUT2D eigenvalue weighted by Gasteiger charge is 2.28. The molecule has 3 rings (SSSR count). The number of hydrogen-bond acceptors (Lipinski definition) is 3. The summed E-state index contributed by atoms with van der Waals surface area (Å²) in [6.45, 7) is 0. The van der Waals surface area contributed by atoms with Crippen LogP contribution in [-0.4, -0.2) is 30.5 Å². The fourth-order valence-electron chi connectivity index (χ4n) is 2.63. The molecular formula is C17H14Br2N2O4S. The van der Waals surface area contributed by atoms with Crippen molar-refractivity contribution in [2.75, 3.05) is 0 Å². The largest absolute Gasteiger partial charge is 0.480 e. The topological polar surface area (TPSA) is 99.3 Å². The van der Waals surface area contributed by atoms with Gasteiger partial charge >= 0.3 is 5.97 Å². The second-order valence-corrected chi connectivity index (χ2v) is 9.10. The van der Waals surface area contributed by atoms with Gasteiger partial charge in [0.05, 0.1) is 4.90 Å². The summed E-state index contributed by atoms with van der Waals surface area (Å²) in [5.41, 5.74) is 1.59. The highest BCUT2D eigenvalue weighted by atomic mass is 79.9. The van der Waals surface area contributed by atoms with Gasteiger partial charge < -0.3 is 10.1 Å². The minimum absolute atomic E-state index is 0.0181. The highest BCUT2D eigenvalue weighted by Crippen LogP contribution is 2.26. The van der Waals surface area contributed by atoms with E-state index in [1.807, 2.05) is 24.3 Å². The zero-order chi connectivity index (χ0) is 18.9. The summed E-state index contributed by atoms with van der Waals surface area (Å²) < 4.78 is 28.6. The third-order valence-electron chi connectivity index (χ3n) is 3.88. The molecule has 0 aliphatic rings. The number of H-pyrrole nitrogens is 1. The fraction of sp³-hybridized carbons (Fsp3) is 0.118. The molecule has 0 amide bonds. The Bertz CT molecular complexity index is 1080. The first-order valence-electron chi connectivity index (χ1n) is 7.53. The van der Waals surface area contributed by atoms with Gasteiger partial charge in [0.25, 0.3) is 0 Å². The van der Waals surface area contributed by atoms with Crippen molar-refractivity contribution < 1.29 is 18.3 Å². The quantitative estimate of drug-likeness (QED) is 0.479. The van der Waals surface area contributed by atoms with Crippen molar-refractivity contribution in [2.24, 2.45) is 0 Å². The van der Waals surface area contributed by atoms with E-state index in [1.54, 1.807) is 18.3 Å². The summed E-state index contributed by atoms with van der Waals surface area (Å²) in [6, 6.07) is 10.8. The van der Waals surface area contributed by atoms with Crippen LogP contribution in [0.5, 0.6) is 0 Å². The molecule has 1 unspecified atom stereocenters. The standard InChI is InChI=1S/C17H14Br2N2O4S/c18-11-5-6-13(19)16(8-11)26(24,25)21-15(17(22)23)7-10-9-20-14-4-2-1-3-12(10)14/h1-6,8-9,15,20-21H,7H2,(H,22,23). The molecule has 9 heteroatoms. The average Bonchev–Trinajstić information content (AvgIpc) is 2.99. The monoisotopic (exact) mass is 500 g/mol. The number of carboxylic acid groups (broad SMARTS) is 1. The Balaban J connectivity index is 1.91. The third kappa shape index (κ3) is 4.01. The van der Waals surface area contributed by atoms with Crippen LogP contribution in [0.1, 0.15) is 5.56 Å². The molecule has 1 aromatic heterocycles. The molecule has 0 radical (unpaired) electrons. The predicted octanol–water partition coefficient (Wildman–Crippen LogP) is 3.67. The lowest BCUT2D eigenvalue weighted by atomic mass is 10.1. The summed E-state index contributed by atoms with van der Waals surface area (Å²) in [5, 5.41) is 10.4. The van der Waals surface area contributed by atoms with Crippen molar-refractivity contribution in [1.82, 2.24) is 9.71 Å². The molecule has 0 aliphatic carbocycles. The van der Waals surface area contributed by atoms with Gasteiger partial charge in [0.15, 0.2) is 0 Å². The second-order valence-electron chi connectivity index (χ2n) is 5.65. The average molecular weight is 502 g/mol. The summed E-state index contributed by atoms with van der Waals surface area (Å²) in [4.78, 5) is 14.7. The molecule has 1 atom stereocenters. The molecular weight excluding hydrogens is 488 g/mol. The van der Waals surface area contributed by atoms with Crippen LogP contribution in [0.3, 0.4) is 0 Å². The maximum atomic E-state index is 12.7. The number of carbonyl (C=O) groups is 1. The summed E-state index contributed by atoms with van der Waals surface area (Å²) >= 11 is 6.42. The summed E-state index contributed by atoms with van der Waals surface area (Å²) in [5.74, 6) is -1.25. The molecule has 1 heterocycles. The maximum Gasteiger partial charge on any atom is 0.322 e. The predicted molar refractivity (Wildman–Crippen MR) is 106 cm³/mol. The van der Waals surface area contributed by atoms with E-state index in [9.17, 15) is 18.3 Å². The van der Waals surface area contributed by atoms with Crippen LogP contribution in [0, 0.1) is 0 Å². The normalized spacial score (nSPS) is 13.0. The van der Waals surface area contributed by atoms with E-state index in [4.69, 9.17) is 0 Å². The van der Waals surface area contributed by atoms with Crippen LogP contribution >= 0.6 is 31.9 Å². The van der Waals surface area contributed by atoms with Gasteiger partial charge in [-0.2, -0.15) is 4.72 Å². The molecule has 26 heavy (non-hydrogen) atoms. The van der Waals surface area contributed by atoms with Crippen LogP contribution in [0.15, 0.2) is 62.5 Å². The number of aromatic nitrogens is 1. The van der Waals surface area contributed by atoms with E-state index < -0.39 is 22.0 Å². The molecule has 0 spiro atoms. The summed E-state index contributed by atoms with van der Waals surface area (Å²) in [6.07, 6.45) is 1.72. The number of aliphatic carboxylic acids is 1.